The number of amides is 1. The number of carbonyl (C=O) groups excluding carboxylic acids is 1. The molecular weight excluding hydrogens is 484 g/mol. The van der Waals surface area contributed by atoms with Gasteiger partial charge in [0.25, 0.3) is 15.9 Å². The standard InChI is InChI=1S/C21H24N4O5S3/c1-13-4-9-18(14(2)12-13)33(29,30)25-21-24-15(3)19(31-21)20(26)23-11-10-16-5-7-17(8-6-16)32(22,27)28/h4-9,12H,10-11H2,1-3H3,(H,23,26)(H,24,25)(H2,22,27,28). The van der Waals surface area contributed by atoms with Crippen molar-refractivity contribution < 1.29 is 21.6 Å². The fraction of sp³-hybridized carbons (Fsp3) is 0.238. The Hall–Kier alpha value is -2.80. The third-order valence-electron chi connectivity index (χ3n) is 4.80. The fourth-order valence-corrected chi connectivity index (χ4v) is 6.03. The molecule has 0 fully saturated rings. The largest absolute Gasteiger partial charge is 0.351 e. The topological polar surface area (TPSA) is 148 Å². The number of thiazole rings is 1. The predicted molar refractivity (Wildman–Crippen MR) is 127 cm³/mol. The van der Waals surface area contributed by atoms with Crippen LogP contribution in [-0.2, 0) is 26.5 Å². The molecule has 0 unspecified atom stereocenters. The number of anilines is 1. The van der Waals surface area contributed by atoms with Gasteiger partial charge in [-0.05, 0) is 56.5 Å². The van der Waals surface area contributed by atoms with Gasteiger partial charge in [-0.3, -0.25) is 9.52 Å². The van der Waals surface area contributed by atoms with E-state index in [1.165, 1.54) is 18.2 Å². The van der Waals surface area contributed by atoms with Gasteiger partial charge in [-0.1, -0.05) is 41.2 Å². The van der Waals surface area contributed by atoms with Crippen LogP contribution in [0.5, 0.6) is 0 Å². The SMILES string of the molecule is Cc1ccc(S(=O)(=O)Nc2nc(C)c(C(=O)NCCc3ccc(S(N)(=O)=O)cc3)s2)c(C)c1. The van der Waals surface area contributed by atoms with E-state index in [-0.39, 0.29) is 20.8 Å². The summed E-state index contributed by atoms with van der Waals surface area (Å²) in [7, 11) is -7.59. The normalized spacial score (nSPS) is 11.9. The highest BCUT2D eigenvalue weighted by atomic mass is 32.2. The first-order valence-corrected chi connectivity index (χ1v) is 13.7. The van der Waals surface area contributed by atoms with Crippen molar-refractivity contribution in [3.05, 3.63) is 69.7 Å². The highest BCUT2D eigenvalue weighted by molar-refractivity contribution is 7.93. The molecular formula is C21H24N4O5S3. The Morgan fingerprint density at radius 1 is 1.03 bits per heavy atom. The first kappa shape index (κ1) is 24.8. The third kappa shape index (κ3) is 6.16. The van der Waals surface area contributed by atoms with Crippen LogP contribution in [-0.4, -0.2) is 34.3 Å². The van der Waals surface area contributed by atoms with Crippen molar-refractivity contribution in [1.82, 2.24) is 10.3 Å². The Bertz CT molecular complexity index is 1400. The quantitative estimate of drug-likeness (QED) is 0.426. The molecule has 9 nitrogen and oxygen atoms in total. The highest BCUT2D eigenvalue weighted by Gasteiger charge is 2.21. The number of benzene rings is 2. The molecule has 0 radical (unpaired) electrons. The molecule has 0 aliphatic rings. The molecule has 33 heavy (non-hydrogen) atoms. The summed E-state index contributed by atoms with van der Waals surface area (Å²) in [4.78, 5) is 17.2. The summed E-state index contributed by atoms with van der Waals surface area (Å²) in [5.41, 5.74) is 2.81. The van der Waals surface area contributed by atoms with Crippen molar-refractivity contribution in [3.63, 3.8) is 0 Å². The molecule has 2 aromatic carbocycles. The minimum atomic E-state index is -3.84. The number of nitrogens with zero attached hydrogens (tertiary/aromatic N) is 1. The van der Waals surface area contributed by atoms with E-state index in [4.69, 9.17) is 5.14 Å². The van der Waals surface area contributed by atoms with Gasteiger partial charge in [-0.15, -0.1) is 0 Å². The smallest absolute Gasteiger partial charge is 0.263 e. The molecule has 0 aliphatic carbocycles. The van der Waals surface area contributed by atoms with Gasteiger partial charge >= 0.3 is 0 Å². The number of hydrogen-bond donors (Lipinski definition) is 3. The molecule has 0 bridgehead atoms. The van der Waals surface area contributed by atoms with Crippen molar-refractivity contribution in [3.8, 4) is 0 Å². The Kier molecular flexibility index (Phi) is 7.22. The average molecular weight is 509 g/mol. The predicted octanol–water partition coefficient (Wildman–Crippen LogP) is 2.49. The van der Waals surface area contributed by atoms with Crippen molar-refractivity contribution in [2.45, 2.75) is 37.0 Å². The summed E-state index contributed by atoms with van der Waals surface area (Å²) < 4.78 is 50.6. The highest BCUT2D eigenvalue weighted by Crippen LogP contribution is 2.26. The first-order valence-electron chi connectivity index (χ1n) is 9.84. The third-order valence-corrected chi connectivity index (χ3v) is 8.42. The van der Waals surface area contributed by atoms with Gasteiger partial charge in [0.2, 0.25) is 10.0 Å². The van der Waals surface area contributed by atoms with Gasteiger partial charge < -0.3 is 5.32 Å². The lowest BCUT2D eigenvalue weighted by Gasteiger charge is -2.08. The Labute approximate surface area is 197 Å². The van der Waals surface area contributed by atoms with Crippen molar-refractivity contribution >= 4 is 42.4 Å². The summed E-state index contributed by atoms with van der Waals surface area (Å²) in [5.74, 6) is -0.372. The molecule has 3 rings (SSSR count). The Balaban J connectivity index is 1.64. The Morgan fingerprint density at radius 2 is 1.70 bits per heavy atom. The van der Waals surface area contributed by atoms with E-state index >= 15 is 0 Å². The zero-order valence-electron chi connectivity index (χ0n) is 18.2. The molecule has 0 saturated carbocycles. The number of aryl methyl sites for hydroxylation is 3. The maximum Gasteiger partial charge on any atom is 0.263 e. The fourth-order valence-electron chi connectivity index (χ4n) is 3.17. The van der Waals surface area contributed by atoms with E-state index in [9.17, 15) is 21.6 Å². The molecule has 176 valence electrons. The lowest BCUT2D eigenvalue weighted by Crippen LogP contribution is -2.25. The lowest BCUT2D eigenvalue weighted by molar-refractivity contribution is 0.0957. The summed E-state index contributed by atoms with van der Waals surface area (Å²) in [6, 6.07) is 11.1. The monoisotopic (exact) mass is 508 g/mol. The molecule has 0 spiro atoms. The van der Waals surface area contributed by atoms with Crippen molar-refractivity contribution in [2.24, 2.45) is 5.14 Å². The van der Waals surface area contributed by atoms with E-state index < -0.39 is 20.0 Å². The van der Waals surface area contributed by atoms with Crippen LogP contribution in [0.3, 0.4) is 0 Å². The second kappa shape index (κ2) is 9.59. The summed E-state index contributed by atoms with van der Waals surface area (Å²) in [5, 5.41) is 7.95. The summed E-state index contributed by atoms with van der Waals surface area (Å²) in [6.07, 6.45) is 0.473. The molecule has 4 N–H and O–H groups in total. The molecule has 3 aromatic rings. The van der Waals surface area contributed by atoms with Crippen LogP contribution < -0.4 is 15.2 Å². The molecule has 12 heteroatoms. The van der Waals surface area contributed by atoms with Gasteiger partial charge in [0.15, 0.2) is 5.13 Å². The van der Waals surface area contributed by atoms with Crippen LogP contribution in [0.4, 0.5) is 5.13 Å². The average Bonchev–Trinajstić information content (AvgIpc) is 3.06. The number of nitrogens with two attached hydrogens (primary N) is 1. The maximum atomic E-state index is 12.7. The van der Waals surface area contributed by atoms with E-state index in [1.807, 2.05) is 6.92 Å². The first-order chi connectivity index (χ1) is 15.4. The maximum absolute atomic E-state index is 12.7. The zero-order chi connectivity index (χ0) is 24.4. The number of nitrogens with one attached hydrogen (secondary N) is 2. The van der Waals surface area contributed by atoms with Crippen molar-refractivity contribution in [1.29, 1.82) is 0 Å². The molecule has 0 saturated heterocycles. The number of aromatic nitrogens is 1. The van der Waals surface area contributed by atoms with Crippen LogP contribution in [0.2, 0.25) is 0 Å². The van der Waals surface area contributed by atoms with Crippen molar-refractivity contribution in [2.75, 3.05) is 11.3 Å². The second-order valence-corrected chi connectivity index (χ2v) is 11.7. The lowest BCUT2D eigenvalue weighted by atomic mass is 10.1. The van der Waals surface area contributed by atoms with Gasteiger partial charge in [0.05, 0.1) is 15.5 Å². The van der Waals surface area contributed by atoms with Crippen LogP contribution in [0.25, 0.3) is 0 Å². The minimum Gasteiger partial charge on any atom is -0.351 e. The van der Waals surface area contributed by atoms with E-state index in [0.717, 1.165) is 22.5 Å². The van der Waals surface area contributed by atoms with Crippen LogP contribution in [0, 0.1) is 20.8 Å². The number of primary sulfonamides is 1. The zero-order valence-corrected chi connectivity index (χ0v) is 20.7. The van der Waals surface area contributed by atoms with Gasteiger partial charge in [-0.25, -0.2) is 27.0 Å². The number of hydrogen-bond acceptors (Lipinski definition) is 7. The summed E-state index contributed by atoms with van der Waals surface area (Å²) in [6.45, 7) is 5.53. The van der Waals surface area contributed by atoms with E-state index in [0.29, 0.717) is 29.1 Å². The number of rotatable bonds is 8. The van der Waals surface area contributed by atoms with E-state index in [1.54, 1.807) is 38.1 Å². The molecule has 1 heterocycles. The number of carbonyl (C=O) groups is 1. The molecule has 1 amide bonds. The van der Waals surface area contributed by atoms with Crippen LogP contribution >= 0.6 is 11.3 Å². The minimum absolute atomic E-state index is 0.0198. The van der Waals surface area contributed by atoms with Gasteiger partial charge in [0.1, 0.15) is 4.88 Å². The van der Waals surface area contributed by atoms with Crippen LogP contribution in [0.1, 0.15) is 32.1 Å². The molecule has 1 aromatic heterocycles. The Morgan fingerprint density at radius 3 is 2.30 bits per heavy atom. The van der Waals surface area contributed by atoms with Crippen LogP contribution in [0.15, 0.2) is 52.3 Å². The molecule has 0 atom stereocenters. The summed E-state index contributed by atoms with van der Waals surface area (Å²) >= 11 is 0.955. The van der Waals surface area contributed by atoms with Gasteiger partial charge in [0, 0.05) is 6.54 Å². The van der Waals surface area contributed by atoms with Gasteiger partial charge in [-0.2, -0.15) is 0 Å². The second-order valence-electron chi connectivity index (χ2n) is 7.50. The van der Waals surface area contributed by atoms with E-state index in [2.05, 4.69) is 15.0 Å². The number of sulfonamides is 2. The molecule has 0 aliphatic heterocycles.